The standard InChI is InChI=1S/C30H36N4O/c35-29(17-16-26-11-10-18-31-25-26)32-19-8-3-9-20-33-21-23-34(24-22-33)30(27-12-4-1-5-13-27)28-14-6-2-7-15-28/h1-2,4-7,10-18,25,30H,3,8-9,19-24H2,(H,32,35)/b17-16-. The highest BCUT2D eigenvalue weighted by Gasteiger charge is 2.25. The molecule has 1 aliphatic heterocycles. The van der Waals surface area contributed by atoms with E-state index in [-0.39, 0.29) is 5.91 Å². The van der Waals surface area contributed by atoms with Crippen molar-refractivity contribution in [2.45, 2.75) is 25.3 Å². The number of nitrogens with zero attached hydrogens (tertiary/aromatic N) is 3. The van der Waals surface area contributed by atoms with Gasteiger partial charge in [0, 0.05) is 51.2 Å². The van der Waals surface area contributed by atoms with E-state index in [1.54, 1.807) is 24.5 Å². The van der Waals surface area contributed by atoms with E-state index in [0.29, 0.717) is 6.04 Å². The van der Waals surface area contributed by atoms with E-state index in [2.05, 4.69) is 80.8 Å². The molecule has 5 nitrogen and oxygen atoms in total. The second-order valence-corrected chi connectivity index (χ2v) is 9.07. The number of carbonyl (C=O) groups excluding carboxylic acids is 1. The summed E-state index contributed by atoms with van der Waals surface area (Å²) in [5, 5.41) is 2.97. The van der Waals surface area contributed by atoms with Gasteiger partial charge < -0.3 is 10.2 Å². The molecule has 3 aromatic rings. The molecular formula is C30H36N4O. The summed E-state index contributed by atoms with van der Waals surface area (Å²) >= 11 is 0. The highest BCUT2D eigenvalue weighted by Crippen LogP contribution is 2.29. The largest absolute Gasteiger partial charge is 0.353 e. The van der Waals surface area contributed by atoms with Crippen molar-refractivity contribution in [1.82, 2.24) is 20.1 Å². The highest BCUT2D eigenvalue weighted by atomic mass is 16.1. The maximum absolute atomic E-state index is 12.0. The number of aromatic nitrogens is 1. The Morgan fingerprint density at radius 3 is 2.17 bits per heavy atom. The molecule has 0 unspecified atom stereocenters. The number of hydrogen-bond acceptors (Lipinski definition) is 4. The van der Waals surface area contributed by atoms with Gasteiger partial charge in [0.15, 0.2) is 0 Å². The summed E-state index contributed by atoms with van der Waals surface area (Å²) < 4.78 is 0. The van der Waals surface area contributed by atoms with Gasteiger partial charge in [-0.15, -0.1) is 0 Å². The average molecular weight is 469 g/mol. The maximum atomic E-state index is 12.0. The lowest BCUT2D eigenvalue weighted by Crippen LogP contribution is -2.48. The Morgan fingerprint density at radius 1 is 0.857 bits per heavy atom. The first kappa shape index (κ1) is 24.8. The number of carbonyl (C=O) groups is 1. The minimum absolute atomic E-state index is 0.0450. The number of nitrogens with one attached hydrogen (secondary N) is 1. The van der Waals surface area contributed by atoms with Crippen molar-refractivity contribution >= 4 is 12.0 Å². The van der Waals surface area contributed by atoms with E-state index >= 15 is 0 Å². The molecule has 0 saturated carbocycles. The molecule has 0 spiro atoms. The lowest BCUT2D eigenvalue weighted by atomic mass is 9.96. The number of piperazine rings is 1. The lowest BCUT2D eigenvalue weighted by Gasteiger charge is -2.39. The smallest absolute Gasteiger partial charge is 0.243 e. The molecule has 4 rings (SSSR count). The fraction of sp³-hybridized carbons (Fsp3) is 0.333. The van der Waals surface area contributed by atoms with Crippen molar-refractivity contribution in [3.63, 3.8) is 0 Å². The fourth-order valence-corrected chi connectivity index (χ4v) is 4.68. The Hall–Kier alpha value is -3.28. The summed E-state index contributed by atoms with van der Waals surface area (Å²) in [5.74, 6) is -0.0450. The van der Waals surface area contributed by atoms with E-state index < -0.39 is 0 Å². The van der Waals surface area contributed by atoms with Crippen molar-refractivity contribution < 1.29 is 4.79 Å². The number of hydrogen-bond donors (Lipinski definition) is 1. The van der Waals surface area contributed by atoms with Gasteiger partial charge in [-0.3, -0.25) is 14.7 Å². The van der Waals surface area contributed by atoms with Gasteiger partial charge in [-0.2, -0.15) is 0 Å². The number of rotatable bonds is 11. The maximum Gasteiger partial charge on any atom is 0.243 e. The van der Waals surface area contributed by atoms with Gasteiger partial charge in [-0.25, -0.2) is 0 Å². The Labute approximate surface area is 209 Å². The second kappa shape index (κ2) is 13.6. The van der Waals surface area contributed by atoms with Crippen LogP contribution < -0.4 is 5.32 Å². The monoisotopic (exact) mass is 468 g/mol. The molecule has 1 N–H and O–H groups in total. The predicted molar refractivity (Wildman–Crippen MR) is 143 cm³/mol. The lowest BCUT2D eigenvalue weighted by molar-refractivity contribution is -0.116. The van der Waals surface area contributed by atoms with Crippen LogP contribution in [0, 0.1) is 0 Å². The van der Waals surface area contributed by atoms with Gasteiger partial charge in [0.05, 0.1) is 6.04 Å². The van der Waals surface area contributed by atoms with Crippen LogP contribution in [0.25, 0.3) is 6.08 Å². The molecular weight excluding hydrogens is 432 g/mol. The van der Waals surface area contributed by atoms with E-state index in [1.807, 2.05) is 12.1 Å². The zero-order chi connectivity index (χ0) is 24.1. The second-order valence-electron chi connectivity index (χ2n) is 9.07. The van der Waals surface area contributed by atoms with Crippen molar-refractivity contribution in [3.05, 3.63) is 108 Å². The average Bonchev–Trinajstić information content (AvgIpc) is 2.92. The number of pyridine rings is 1. The Kier molecular flexibility index (Phi) is 9.63. The van der Waals surface area contributed by atoms with Crippen LogP contribution in [0.15, 0.2) is 91.3 Å². The van der Waals surface area contributed by atoms with Crippen LogP contribution in [0.1, 0.15) is 42.0 Å². The van der Waals surface area contributed by atoms with Gasteiger partial charge in [0.25, 0.3) is 0 Å². The quantitative estimate of drug-likeness (QED) is 0.325. The van der Waals surface area contributed by atoms with Gasteiger partial charge in [0.2, 0.25) is 5.91 Å². The van der Waals surface area contributed by atoms with E-state index in [1.165, 1.54) is 17.5 Å². The fourth-order valence-electron chi connectivity index (χ4n) is 4.68. The summed E-state index contributed by atoms with van der Waals surface area (Å²) in [6, 6.07) is 25.8. The molecule has 0 atom stereocenters. The third kappa shape index (κ3) is 7.88. The molecule has 1 aromatic heterocycles. The molecule has 5 heteroatoms. The number of amides is 1. The SMILES string of the molecule is O=C(/C=C\c1cccnc1)NCCCCCN1CCN(C(c2ccccc2)c2ccccc2)CC1. The van der Waals surface area contributed by atoms with Crippen molar-refractivity contribution in [2.24, 2.45) is 0 Å². The van der Waals surface area contributed by atoms with Crippen LogP contribution in [-0.2, 0) is 4.79 Å². The molecule has 1 amide bonds. The third-order valence-corrected chi connectivity index (χ3v) is 6.56. The first-order valence-electron chi connectivity index (χ1n) is 12.7. The Balaban J connectivity index is 1.14. The van der Waals surface area contributed by atoms with Crippen LogP contribution >= 0.6 is 0 Å². The van der Waals surface area contributed by atoms with Crippen molar-refractivity contribution in [3.8, 4) is 0 Å². The van der Waals surface area contributed by atoms with Crippen molar-refractivity contribution in [2.75, 3.05) is 39.3 Å². The molecule has 1 fully saturated rings. The third-order valence-electron chi connectivity index (χ3n) is 6.56. The van der Waals surface area contributed by atoms with Crippen LogP contribution in [0.2, 0.25) is 0 Å². The zero-order valence-corrected chi connectivity index (χ0v) is 20.4. The first-order valence-corrected chi connectivity index (χ1v) is 12.7. The summed E-state index contributed by atoms with van der Waals surface area (Å²) in [6.07, 6.45) is 10.1. The molecule has 2 heterocycles. The molecule has 182 valence electrons. The van der Waals surface area contributed by atoms with E-state index in [0.717, 1.165) is 57.7 Å². The summed E-state index contributed by atoms with van der Waals surface area (Å²) in [4.78, 5) is 21.2. The predicted octanol–water partition coefficient (Wildman–Crippen LogP) is 4.79. The van der Waals surface area contributed by atoms with Gasteiger partial charge in [0.1, 0.15) is 0 Å². The molecule has 0 aliphatic carbocycles. The van der Waals surface area contributed by atoms with E-state index in [9.17, 15) is 4.79 Å². The zero-order valence-electron chi connectivity index (χ0n) is 20.4. The Morgan fingerprint density at radius 2 is 1.54 bits per heavy atom. The number of benzene rings is 2. The molecule has 2 aromatic carbocycles. The highest BCUT2D eigenvalue weighted by molar-refractivity contribution is 5.91. The van der Waals surface area contributed by atoms with E-state index in [4.69, 9.17) is 0 Å². The van der Waals surface area contributed by atoms with Crippen LogP contribution in [-0.4, -0.2) is 60.0 Å². The minimum atomic E-state index is -0.0450. The normalized spacial score (nSPS) is 15.0. The van der Waals surface area contributed by atoms with Crippen LogP contribution in [0.3, 0.4) is 0 Å². The van der Waals surface area contributed by atoms with Crippen molar-refractivity contribution in [1.29, 1.82) is 0 Å². The molecule has 0 radical (unpaired) electrons. The number of unbranched alkanes of at least 4 members (excludes halogenated alkanes) is 2. The minimum Gasteiger partial charge on any atom is -0.353 e. The topological polar surface area (TPSA) is 48.5 Å². The summed E-state index contributed by atoms with van der Waals surface area (Å²) in [7, 11) is 0. The van der Waals surface area contributed by atoms with Crippen LogP contribution in [0.5, 0.6) is 0 Å². The Bertz CT molecular complexity index is 992. The van der Waals surface area contributed by atoms with Crippen LogP contribution in [0.4, 0.5) is 0 Å². The molecule has 1 aliphatic rings. The van der Waals surface area contributed by atoms with Gasteiger partial charge in [-0.05, 0) is 48.2 Å². The summed E-state index contributed by atoms with van der Waals surface area (Å²) in [5.41, 5.74) is 3.66. The van der Waals surface area contributed by atoms with Gasteiger partial charge in [-0.1, -0.05) is 73.2 Å². The van der Waals surface area contributed by atoms with Gasteiger partial charge >= 0.3 is 0 Å². The molecule has 1 saturated heterocycles. The summed E-state index contributed by atoms with van der Waals surface area (Å²) in [6.45, 7) is 6.21. The molecule has 35 heavy (non-hydrogen) atoms. The molecule has 0 bridgehead atoms. The first-order chi connectivity index (χ1) is 17.3.